The Morgan fingerprint density at radius 3 is 2.27 bits per heavy atom. The minimum Gasteiger partial charge on any atom is -0.266 e. The maximum atomic E-state index is 13.8. The summed E-state index contributed by atoms with van der Waals surface area (Å²) in [5.74, 6) is -1.25. The highest BCUT2D eigenvalue weighted by molar-refractivity contribution is 7.90. The van der Waals surface area contributed by atoms with Gasteiger partial charge >= 0.3 is 0 Å². The zero-order valence-corrected chi connectivity index (χ0v) is 18.9. The third-order valence-electron chi connectivity index (χ3n) is 5.37. The van der Waals surface area contributed by atoms with Gasteiger partial charge in [-0.25, -0.2) is 17.5 Å². The van der Waals surface area contributed by atoms with Crippen LogP contribution in [-0.2, 0) is 16.6 Å². The van der Waals surface area contributed by atoms with Crippen LogP contribution in [-0.4, -0.2) is 24.1 Å². The molecule has 0 aliphatic rings. The molecule has 168 valence electrons. The van der Waals surface area contributed by atoms with E-state index in [9.17, 15) is 17.6 Å². The molecular weight excluding hydrogens is 441 g/mol. The molecule has 4 aromatic rings. The number of aryl methyl sites for hydroxylation is 2. The van der Waals surface area contributed by atoms with Gasteiger partial charge in [0.1, 0.15) is 11.5 Å². The summed E-state index contributed by atoms with van der Waals surface area (Å²) >= 11 is 0. The van der Waals surface area contributed by atoms with Gasteiger partial charge in [-0.15, -0.1) is 0 Å². The maximum Gasteiger partial charge on any atom is 0.283 e. The Balaban J connectivity index is 1.76. The molecule has 0 aliphatic carbocycles. The molecule has 1 N–H and O–H groups in total. The van der Waals surface area contributed by atoms with Gasteiger partial charge in [0, 0.05) is 5.56 Å². The lowest BCUT2D eigenvalue weighted by Gasteiger charge is -2.13. The van der Waals surface area contributed by atoms with E-state index < -0.39 is 21.7 Å². The second-order valence-corrected chi connectivity index (χ2v) is 9.38. The van der Waals surface area contributed by atoms with Gasteiger partial charge < -0.3 is 0 Å². The Bertz CT molecular complexity index is 1410. The summed E-state index contributed by atoms with van der Waals surface area (Å²) in [6.07, 6.45) is 0. The van der Waals surface area contributed by atoms with Crippen LogP contribution in [0.2, 0.25) is 0 Å². The summed E-state index contributed by atoms with van der Waals surface area (Å²) in [6, 6.07) is 20.8. The first-order valence-electron chi connectivity index (χ1n) is 10.3. The minimum atomic E-state index is -4.08. The van der Waals surface area contributed by atoms with Gasteiger partial charge in [0.2, 0.25) is 0 Å². The quantitative estimate of drug-likeness (QED) is 0.457. The van der Waals surface area contributed by atoms with Gasteiger partial charge in [-0.1, -0.05) is 48.5 Å². The van der Waals surface area contributed by atoms with Gasteiger partial charge in [-0.05, 0) is 60.9 Å². The van der Waals surface area contributed by atoms with Crippen molar-refractivity contribution in [3.05, 3.63) is 107 Å². The number of aromatic nitrogens is 2. The summed E-state index contributed by atoms with van der Waals surface area (Å²) < 4.78 is 42.8. The number of nitrogens with one attached hydrogen (secondary N) is 1. The molecule has 0 saturated carbocycles. The predicted molar refractivity (Wildman–Crippen MR) is 124 cm³/mol. The van der Waals surface area contributed by atoms with Crippen LogP contribution < -0.4 is 4.72 Å². The third kappa shape index (κ3) is 4.85. The average Bonchev–Trinajstić information content (AvgIpc) is 3.21. The van der Waals surface area contributed by atoms with Crippen molar-refractivity contribution in [2.45, 2.75) is 25.3 Å². The molecule has 1 heterocycles. The van der Waals surface area contributed by atoms with Crippen molar-refractivity contribution in [3.8, 4) is 11.3 Å². The lowest BCUT2D eigenvalue weighted by Crippen LogP contribution is -2.32. The number of halogens is 1. The SMILES string of the molecule is Cc1cccc(C)c1Cn1nc(-c2cccc(F)c2)cc1C(=O)NS(=O)(=O)c1ccccc1. The summed E-state index contributed by atoms with van der Waals surface area (Å²) in [6.45, 7) is 4.17. The predicted octanol–water partition coefficient (Wildman–Crippen LogP) is 4.47. The second-order valence-electron chi connectivity index (χ2n) is 7.70. The first-order valence-corrected chi connectivity index (χ1v) is 11.7. The number of benzene rings is 3. The van der Waals surface area contributed by atoms with Crippen LogP contribution in [0, 0.1) is 19.7 Å². The van der Waals surface area contributed by atoms with Crippen LogP contribution in [0.4, 0.5) is 4.39 Å². The smallest absolute Gasteiger partial charge is 0.266 e. The third-order valence-corrected chi connectivity index (χ3v) is 6.71. The molecule has 0 spiro atoms. The Morgan fingerprint density at radius 1 is 0.939 bits per heavy atom. The van der Waals surface area contributed by atoms with E-state index in [0.717, 1.165) is 16.7 Å². The Kier molecular flexibility index (Phi) is 6.11. The molecule has 6 nitrogen and oxygen atoms in total. The molecule has 0 aliphatic heterocycles. The number of hydrogen-bond acceptors (Lipinski definition) is 4. The van der Waals surface area contributed by atoms with Crippen LogP contribution in [0.25, 0.3) is 11.3 Å². The molecule has 0 unspecified atom stereocenters. The highest BCUT2D eigenvalue weighted by atomic mass is 32.2. The topological polar surface area (TPSA) is 81.1 Å². The summed E-state index contributed by atoms with van der Waals surface area (Å²) in [5, 5.41) is 4.52. The highest BCUT2D eigenvalue weighted by Gasteiger charge is 2.23. The van der Waals surface area contributed by atoms with Crippen LogP contribution >= 0.6 is 0 Å². The van der Waals surface area contributed by atoms with E-state index in [2.05, 4.69) is 9.82 Å². The van der Waals surface area contributed by atoms with Gasteiger partial charge in [0.15, 0.2) is 0 Å². The van der Waals surface area contributed by atoms with E-state index in [1.165, 1.54) is 35.0 Å². The van der Waals surface area contributed by atoms with Crippen LogP contribution in [0.3, 0.4) is 0 Å². The van der Waals surface area contributed by atoms with Gasteiger partial charge in [0.25, 0.3) is 15.9 Å². The summed E-state index contributed by atoms with van der Waals surface area (Å²) in [7, 11) is -4.08. The molecule has 0 fully saturated rings. The molecule has 1 amide bonds. The molecule has 0 bridgehead atoms. The highest BCUT2D eigenvalue weighted by Crippen LogP contribution is 2.23. The number of nitrogens with zero attached hydrogens (tertiary/aromatic N) is 2. The molecule has 3 aromatic carbocycles. The van der Waals surface area contributed by atoms with Crippen molar-refractivity contribution < 1.29 is 17.6 Å². The molecule has 0 radical (unpaired) electrons. The Labute approximate surface area is 191 Å². The summed E-state index contributed by atoms with van der Waals surface area (Å²) in [4.78, 5) is 13.1. The molecule has 8 heteroatoms. The van der Waals surface area contributed by atoms with E-state index >= 15 is 0 Å². The van der Waals surface area contributed by atoms with Gasteiger partial charge in [0.05, 0.1) is 17.1 Å². The van der Waals surface area contributed by atoms with Crippen molar-refractivity contribution in [2.75, 3.05) is 0 Å². The van der Waals surface area contributed by atoms with Gasteiger partial charge in [-0.3, -0.25) is 9.48 Å². The van der Waals surface area contributed by atoms with Crippen molar-refractivity contribution >= 4 is 15.9 Å². The van der Waals surface area contributed by atoms with Crippen LogP contribution in [0.1, 0.15) is 27.2 Å². The van der Waals surface area contributed by atoms with E-state index in [1.54, 1.807) is 30.3 Å². The monoisotopic (exact) mass is 463 g/mol. The van der Waals surface area contributed by atoms with E-state index in [1.807, 2.05) is 32.0 Å². The zero-order valence-electron chi connectivity index (χ0n) is 18.1. The zero-order chi connectivity index (χ0) is 23.6. The molecule has 1 aromatic heterocycles. The van der Waals surface area contributed by atoms with E-state index in [-0.39, 0.29) is 17.1 Å². The van der Waals surface area contributed by atoms with E-state index in [4.69, 9.17) is 0 Å². The number of rotatable bonds is 6. The Hall–Kier alpha value is -3.78. The van der Waals surface area contributed by atoms with Crippen molar-refractivity contribution in [3.63, 3.8) is 0 Å². The first kappa shape index (κ1) is 22.4. The number of carbonyl (C=O) groups excluding carboxylic acids is 1. The number of amides is 1. The van der Waals surface area contributed by atoms with Crippen molar-refractivity contribution in [1.29, 1.82) is 0 Å². The largest absolute Gasteiger partial charge is 0.283 e. The second kappa shape index (κ2) is 8.99. The number of hydrogen-bond donors (Lipinski definition) is 1. The molecule has 0 saturated heterocycles. The van der Waals surface area contributed by atoms with Crippen molar-refractivity contribution in [1.82, 2.24) is 14.5 Å². The molecular formula is C25H22FN3O3S. The fourth-order valence-corrected chi connectivity index (χ4v) is 4.57. The lowest BCUT2D eigenvalue weighted by atomic mass is 10.0. The fraction of sp³-hybridized carbons (Fsp3) is 0.120. The van der Waals surface area contributed by atoms with E-state index in [0.29, 0.717) is 11.3 Å². The summed E-state index contributed by atoms with van der Waals surface area (Å²) in [5.41, 5.74) is 3.89. The number of sulfonamides is 1. The Morgan fingerprint density at radius 2 is 1.61 bits per heavy atom. The molecule has 4 rings (SSSR count). The normalized spacial score (nSPS) is 11.4. The standard InChI is InChI=1S/C25H22FN3O3S/c1-17-8-6-9-18(2)22(17)16-29-24(15-23(27-29)19-10-7-11-20(26)14-19)25(30)28-33(31,32)21-12-4-3-5-13-21/h3-15H,16H2,1-2H3,(H,28,30). The fourth-order valence-electron chi connectivity index (χ4n) is 3.59. The molecule has 0 atom stereocenters. The van der Waals surface area contributed by atoms with Crippen LogP contribution in [0.15, 0.2) is 83.8 Å². The lowest BCUT2D eigenvalue weighted by molar-refractivity contribution is 0.0971. The average molecular weight is 464 g/mol. The maximum absolute atomic E-state index is 13.8. The molecule has 33 heavy (non-hydrogen) atoms. The number of carbonyl (C=O) groups is 1. The van der Waals surface area contributed by atoms with Crippen molar-refractivity contribution in [2.24, 2.45) is 0 Å². The minimum absolute atomic E-state index is 0.0236. The first-order chi connectivity index (χ1) is 15.7. The van der Waals surface area contributed by atoms with Crippen LogP contribution in [0.5, 0.6) is 0 Å². The van der Waals surface area contributed by atoms with Gasteiger partial charge in [-0.2, -0.15) is 5.10 Å².